The molecule has 306 valence electrons. The molecule has 3 N–H and O–H groups in total. The van der Waals surface area contributed by atoms with E-state index in [9.17, 15) is 19.8 Å². The first-order valence-electron chi connectivity index (χ1n) is 22.1. The number of ether oxygens (including phenoxy) is 1. The van der Waals surface area contributed by atoms with E-state index < -0.39 is 18.2 Å². The summed E-state index contributed by atoms with van der Waals surface area (Å²) < 4.78 is 5.86. The lowest BCUT2D eigenvalue weighted by atomic mass is 10.0. The molecule has 0 bridgehead atoms. The van der Waals surface area contributed by atoms with Gasteiger partial charge < -0.3 is 20.3 Å². The standard InChI is InChI=1S/C47H83NO5/c1-4-7-10-13-16-19-22-23-25-28-31-34-37-40-47(52)53-43(38-35-32-29-26-21-18-15-12-9-6-3)41-46(51)48-44(42-49)45(50)39-36-33-30-27-24-20-17-14-11-8-5-2/h7,10,13,16,18-19,21-23,25,43-45,49-50H,4-6,8-9,11-12,14-15,17,20,24,26-42H2,1-3H3,(H,48,51)/b10-7+,16-13+,21-18-,22-19-,25-23-. The van der Waals surface area contributed by atoms with Gasteiger partial charge in [-0.1, -0.05) is 178 Å². The summed E-state index contributed by atoms with van der Waals surface area (Å²) >= 11 is 0. The summed E-state index contributed by atoms with van der Waals surface area (Å²) in [7, 11) is 0. The summed E-state index contributed by atoms with van der Waals surface area (Å²) in [5.41, 5.74) is 0. The van der Waals surface area contributed by atoms with Crippen molar-refractivity contribution in [2.75, 3.05) is 6.61 Å². The molecule has 0 aliphatic carbocycles. The van der Waals surface area contributed by atoms with Gasteiger partial charge in [0.05, 0.1) is 25.2 Å². The highest BCUT2D eigenvalue weighted by molar-refractivity contribution is 5.77. The van der Waals surface area contributed by atoms with E-state index in [4.69, 9.17) is 4.74 Å². The first-order valence-corrected chi connectivity index (χ1v) is 22.1. The first kappa shape index (κ1) is 50.6. The number of aliphatic hydroxyl groups excluding tert-OH is 2. The van der Waals surface area contributed by atoms with Gasteiger partial charge in [0.1, 0.15) is 6.10 Å². The van der Waals surface area contributed by atoms with Gasteiger partial charge in [-0.15, -0.1) is 0 Å². The van der Waals surface area contributed by atoms with Crippen molar-refractivity contribution < 1.29 is 24.5 Å². The number of carbonyl (C=O) groups is 2. The third-order valence-electron chi connectivity index (χ3n) is 9.68. The van der Waals surface area contributed by atoms with Crippen LogP contribution in [-0.2, 0) is 14.3 Å². The van der Waals surface area contributed by atoms with Crippen LogP contribution in [0.2, 0.25) is 0 Å². The maximum atomic E-state index is 13.1. The Bertz CT molecular complexity index is 968. The van der Waals surface area contributed by atoms with Gasteiger partial charge in [0.25, 0.3) is 0 Å². The number of hydrogen-bond donors (Lipinski definition) is 3. The fourth-order valence-corrected chi connectivity index (χ4v) is 6.32. The number of aliphatic hydroxyl groups is 2. The van der Waals surface area contributed by atoms with Crippen molar-refractivity contribution in [3.8, 4) is 0 Å². The molecule has 6 nitrogen and oxygen atoms in total. The SMILES string of the molecule is CC/C=C/C=C/C=C\C=C/CCCCCC(=O)OC(CCCCC/C=C\CCCCC)CC(=O)NC(CO)C(O)CCCCCCCCCCCCC. The number of carbonyl (C=O) groups excluding carboxylic acids is 2. The molecule has 53 heavy (non-hydrogen) atoms. The number of hydrogen-bond acceptors (Lipinski definition) is 5. The number of rotatable bonds is 38. The molecule has 0 heterocycles. The van der Waals surface area contributed by atoms with Crippen LogP contribution in [0, 0.1) is 0 Å². The van der Waals surface area contributed by atoms with Gasteiger partial charge in [0.2, 0.25) is 5.91 Å². The van der Waals surface area contributed by atoms with Gasteiger partial charge in [-0.05, 0) is 70.6 Å². The minimum Gasteiger partial charge on any atom is -0.462 e. The normalized spacial score (nSPS) is 14.0. The van der Waals surface area contributed by atoms with Gasteiger partial charge in [-0.2, -0.15) is 0 Å². The van der Waals surface area contributed by atoms with Crippen molar-refractivity contribution in [1.29, 1.82) is 0 Å². The van der Waals surface area contributed by atoms with Gasteiger partial charge in [0.15, 0.2) is 0 Å². The number of unbranched alkanes of at least 4 members (excludes halogenated alkanes) is 19. The molecule has 0 saturated carbocycles. The Morgan fingerprint density at radius 3 is 1.64 bits per heavy atom. The van der Waals surface area contributed by atoms with E-state index in [2.05, 4.69) is 56.5 Å². The Kier molecular flexibility index (Phi) is 38.9. The molecule has 0 spiro atoms. The highest BCUT2D eigenvalue weighted by Gasteiger charge is 2.24. The van der Waals surface area contributed by atoms with Crippen molar-refractivity contribution in [1.82, 2.24) is 5.32 Å². The van der Waals surface area contributed by atoms with E-state index in [-0.39, 0.29) is 24.9 Å². The predicted octanol–water partition coefficient (Wildman–Crippen LogP) is 12.5. The van der Waals surface area contributed by atoms with Crippen LogP contribution in [0.15, 0.2) is 60.8 Å². The largest absolute Gasteiger partial charge is 0.462 e. The van der Waals surface area contributed by atoms with E-state index in [1.807, 2.05) is 30.4 Å². The molecule has 6 heteroatoms. The smallest absolute Gasteiger partial charge is 0.306 e. The van der Waals surface area contributed by atoms with E-state index in [1.54, 1.807) is 0 Å². The van der Waals surface area contributed by atoms with Crippen LogP contribution in [0.4, 0.5) is 0 Å². The lowest BCUT2D eigenvalue weighted by Crippen LogP contribution is -2.46. The van der Waals surface area contributed by atoms with Crippen LogP contribution >= 0.6 is 0 Å². The molecule has 0 aliphatic rings. The Morgan fingerprint density at radius 2 is 1.04 bits per heavy atom. The molecule has 0 aliphatic heterocycles. The van der Waals surface area contributed by atoms with Gasteiger partial charge in [-0.3, -0.25) is 9.59 Å². The molecule has 1 amide bonds. The van der Waals surface area contributed by atoms with Crippen molar-refractivity contribution in [3.63, 3.8) is 0 Å². The topological polar surface area (TPSA) is 95.9 Å². The molecule has 0 fully saturated rings. The second kappa shape index (κ2) is 40.7. The van der Waals surface area contributed by atoms with E-state index >= 15 is 0 Å². The minimum atomic E-state index is -0.797. The highest BCUT2D eigenvalue weighted by Crippen LogP contribution is 2.17. The molecule has 3 unspecified atom stereocenters. The summed E-state index contributed by atoms with van der Waals surface area (Å²) in [4.78, 5) is 25.9. The van der Waals surface area contributed by atoms with Crippen molar-refractivity contribution in [2.24, 2.45) is 0 Å². The number of allylic oxidation sites excluding steroid dienone is 10. The number of esters is 1. The fourth-order valence-electron chi connectivity index (χ4n) is 6.32. The maximum Gasteiger partial charge on any atom is 0.306 e. The summed E-state index contributed by atoms with van der Waals surface area (Å²) in [6.07, 6.45) is 48.5. The zero-order valence-corrected chi connectivity index (χ0v) is 34.6. The molecule has 0 aromatic carbocycles. The monoisotopic (exact) mass is 742 g/mol. The number of nitrogens with one attached hydrogen (secondary N) is 1. The third kappa shape index (κ3) is 36.3. The van der Waals surface area contributed by atoms with E-state index in [0.717, 1.165) is 83.5 Å². The second-order valence-corrected chi connectivity index (χ2v) is 14.8. The average Bonchev–Trinajstić information content (AvgIpc) is 3.15. The quantitative estimate of drug-likeness (QED) is 0.0253. The molecule has 0 saturated heterocycles. The lowest BCUT2D eigenvalue weighted by molar-refractivity contribution is -0.151. The minimum absolute atomic E-state index is 0.0487. The molecule has 3 atom stereocenters. The van der Waals surface area contributed by atoms with Crippen LogP contribution in [0.3, 0.4) is 0 Å². The summed E-state index contributed by atoms with van der Waals surface area (Å²) in [5.74, 6) is -0.543. The fraction of sp³-hybridized carbons (Fsp3) is 0.745. The van der Waals surface area contributed by atoms with Gasteiger partial charge in [-0.25, -0.2) is 0 Å². The molecule has 0 aromatic rings. The predicted molar refractivity (Wildman–Crippen MR) is 227 cm³/mol. The molecular weight excluding hydrogens is 659 g/mol. The first-order chi connectivity index (χ1) is 26.0. The molecular formula is C47H83NO5. The Hall–Kier alpha value is -2.44. The van der Waals surface area contributed by atoms with Crippen LogP contribution in [0.5, 0.6) is 0 Å². The van der Waals surface area contributed by atoms with Crippen LogP contribution in [0.1, 0.15) is 201 Å². The Labute approximate surface area is 327 Å². The van der Waals surface area contributed by atoms with Crippen LogP contribution in [0.25, 0.3) is 0 Å². The third-order valence-corrected chi connectivity index (χ3v) is 9.68. The van der Waals surface area contributed by atoms with Crippen LogP contribution in [-0.4, -0.2) is 46.9 Å². The molecule has 0 rings (SSSR count). The van der Waals surface area contributed by atoms with Crippen LogP contribution < -0.4 is 5.32 Å². The lowest BCUT2D eigenvalue weighted by Gasteiger charge is -2.24. The Balaban J connectivity index is 4.67. The average molecular weight is 742 g/mol. The zero-order valence-electron chi connectivity index (χ0n) is 34.6. The van der Waals surface area contributed by atoms with Gasteiger partial charge >= 0.3 is 5.97 Å². The summed E-state index contributed by atoms with van der Waals surface area (Å²) in [5, 5.41) is 23.6. The maximum absolute atomic E-state index is 13.1. The Morgan fingerprint density at radius 1 is 0.566 bits per heavy atom. The van der Waals surface area contributed by atoms with Crippen molar-refractivity contribution in [3.05, 3.63) is 60.8 Å². The van der Waals surface area contributed by atoms with E-state index in [0.29, 0.717) is 19.3 Å². The highest BCUT2D eigenvalue weighted by atomic mass is 16.5. The zero-order chi connectivity index (χ0) is 38.9. The number of amides is 1. The second-order valence-electron chi connectivity index (χ2n) is 14.8. The van der Waals surface area contributed by atoms with Crippen molar-refractivity contribution >= 4 is 11.9 Å². The van der Waals surface area contributed by atoms with Crippen molar-refractivity contribution in [2.45, 2.75) is 219 Å². The van der Waals surface area contributed by atoms with E-state index in [1.165, 1.54) is 70.6 Å². The molecule has 0 radical (unpaired) electrons. The summed E-state index contributed by atoms with van der Waals surface area (Å²) in [6.45, 7) is 6.27. The molecule has 0 aromatic heterocycles. The van der Waals surface area contributed by atoms with Gasteiger partial charge in [0, 0.05) is 6.42 Å². The summed E-state index contributed by atoms with van der Waals surface area (Å²) in [6, 6.07) is -0.713.